The molecular weight excluding hydrogens is 188 g/mol. The second-order valence-electron chi connectivity index (χ2n) is 4.29. The number of piperidine rings is 1. The molecule has 1 aliphatic heterocycles. The summed E-state index contributed by atoms with van der Waals surface area (Å²) in [4.78, 5) is 11.5. The largest absolute Gasteiger partial charge is 0.353 e. The maximum absolute atomic E-state index is 11.5. The molecule has 0 aromatic rings. The number of hydrogen-bond acceptors (Lipinski definition) is 2. The molecule has 1 aliphatic rings. The highest BCUT2D eigenvalue weighted by Gasteiger charge is 2.20. The van der Waals surface area contributed by atoms with Gasteiger partial charge in [-0.1, -0.05) is 6.08 Å². The Morgan fingerprint density at radius 2 is 2.53 bits per heavy atom. The number of amides is 1. The maximum atomic E-state index is 11.5. The van der Waals surface area contributed by atoms with Crippen LogP contribution in [0.1, 0.15) is 32.6 Å². The van der Waals surface area contributed by atoms with Gasteiger partial charge >= 0.3 is 0 Å². The van der Waals surface area contributed by atoms with Crippen molar-refractivity contribution in [2.45, 2.75) is 38.6 Å². The molecule has 0 aliphatic carbocycles. The second kappa shape index (κ2) is 6.62. The van der Waals surface area contributed by atoms with Gasteiger partial charge in [0, 0.05) is 12.5 Å². The Morgan fingerprint density at radius 1 is 1.73 bits per heavy atom. The van der Waals surface area contributed by atoms with Crippen LogP contribution in [-0.2, 0) is 4.79 Å². The minimum Gasteiger partial charge on any atom is -0.353 e. The average Bonchev–Trinajstić information content (AvgIpc) is 2.27. The predicted octanol–water partition coefficient (Wildman–Crippen LogP) is 1.46. The number of carbonyl (C=O) groups is 1. The fraction of sp³-hybridized carbons (Fsp3) is 0.750. The molecule has 1 saturated heterocycles. The number of nitrogens with one attached hydrogen (secondary N) is 2. The van der Waals surface area contributed by atoms with Crippen LogP contribution in [0, 0.1) is 5.92 Å². The van der Waals surface area contributed by atoms with E-state index in [-0.39, 0.29) is 11.9 Å². The number of rotatable bonds is 5. The summed E-state index contributed by atoms with van der Waals surface area (Å²) in [7, 11) is 0. The van der Waals surface area contributed by atoms with Crippen molar-refractivity contribution >= 4 is 5.91 Å². The molecule has 0 saturated carbocycles. The van der Waals surface area contributed by atoms with Crippen LogP contribution in [0.4, 0.5) is 0 Å². The van der Waals surface area contributed by atoms with Gasteiger partial charge in [0.15, 0.2) is 0 Å². The van der Waals surface area contributed by atoms with Crippen molar-refractivity contribution in [2.24, 2.45) is 5.92 Å². The van der Waals surface area contributed by atoms with E-state index in [1.807, 2.05) is 0 Å². The molecule has 2 unspecified atom stereocenters. The molecule has 1 amide bonds. The van der Waals surface area contributed by atoms with Crippen molar-refractivity contribution in [1.29, 1.82) is 0 Å². The Morgan fingerprint density at radius 3 is 3.13 bits per heavy atom. The van der Waals surface area contributed by atoms with E-state index in [2.05, 4.69) is 24.1 Å². The van der Waals surface area contributed by atoms with Crippen molar-refractivity contribution in [2.75, 3.05) is 13.1 Å². The van der Waals surface area contributed by atoms with Crippen LogP contribution in [0.25, 0.3) is 0 Å². The van der Waals surface area contributed by atoms with Gasteiger partial charge in [0.25, 0.3) is 0 Å². The summed E-state index contributed by atoms with van der Waals surface area (Å²) in [6.45, 7) is 7.86. The summed E-state index contributed by atoms with van der Waals surface area (Å²) in [6, 6.07) is 0.287. The third kappa shape index (κ3) is 4.47. The molecule has 2 N–H and O–H groups in total. The van der Waals surface area contributed by atoms with E-state index < -0.39 is 0 Å². The van der Waals surface area contributed by atoms with E-state index in [9.17, 15) is 4.79 Å². The van der Waals surface area contributed by atoms with Gasteiger partial charge in [0.05, 0.1) is 0 Å². The molecule has 2 atom stereocenters. The Hall–Kier alpha value is -0.830. The molecule has 3 nitrogen and oxygen atoms in total. The Kier molecular flexibility index (Phi) is 5.40. The second-order valence-corrected chi connectivity index (χ2v) is 4.29. The lowest BCUT2D eigenvalue weighted by Gasteiger charge is -2.28. The predicted molar refractivity (Wildman–Crippen MR) is 62.6 cm³/mol. The number of hydrogen-bond donors (Lipinski definition) is 2. The van der Waals surface area contributed by atoms with Gasteiger partial charge in [0.2, 0.25) is 5.91 Å². The molecule has 1 heterocycles. The SMILES string of the molecule is C=CCCC(=O)NC(C)C1CCCNC1. The molecule has 0 bridgehead atoms. The summed E-state index contributed by atoms with van der Waals surface area (Å²) in [6.07, 6.45) is 5.55. The molecule has 86 valence electrons. The molecule has 1 rings (SSSR count). The van der Waals surface area contributed by atoms with Crippen molar-refractivity contribution in [1.82, 2.24) is 10.6 Å². The Labute approximate surface area is 92.3 Å². The smallest absolute Gasteiger partial charge is 0.220 e. The fourth-order valence-corrected chi connectivity index (χ4v) is 1.98. The van der Waals surface area contributed by atoms with Gasteiger partial charge in [-0.15, -0.1) is 6.58 Å². The van der Waals surface area contributed by atoms with Crippen molar-refractivity contribution in [3.63, 3.8) is 0 Å². The monoisotopic (exact) mass is 210 g/mol. The standard InChI is InChI=1S/C12H22N2O/c1-3-4-7-12(15)14-10(2)11-6-5-8-13-9-11/h3,10-11,13H,1,4-9H2,2H3,(H,14,15). The average molecular weight is 210 g/mol. The Balaban J connectivity index is 2.23. The fourth-order valence-electron chi connectivity index (χ4n) is 1.98. The van der Waals surface area contributed by atoms with Crippen molar-refractivity contribution in [3.05, 3.63) is 12.7 Å². The number of allylic oxidation sites excluding steroid dienone is 1. The third-order valence-electron chi connectivity index (χ3n) is 3.01. The first-order valence-electron chi connectivity index (χ1n) is 5.85. The van der Waals surface area contributed by atoms with Gasteiger partial charge < -0.3 is 10.6 Å². The van der Waals surface area contributed by atoms with Crippen molar-refractivity contribution < 1.29 is 4.79 Å². The lowest BCUT2D eigenvalue weighted by atomic mass is 9.93. The highest BCUT2D eigenvalue weighted by molar-refractivity contribution is 5.76. The van der Waals surface area contributed by atoms with E-state index in [0.29, 0.717) is 12.3 Å². The van der Waals surface area contributed by atoms with Crippen LogP contribution in [0.5, 0.6) is 0 Å². The summed E-state index contributed by atoms with van der Waals surface area (Å²) in [5.74, 6) is 0.736. The lowest BCUT2D eigenvalue weighted by molar-refractivity contribution is -0.122. The zero-order valence-electron chi connectivity index (χ0n) is 9.59. The zero-order valence-corrected chi connectivity index (χ0v) is 9.59. The van der Waals surface area contributed by atoms with Crippen LogP contribution in [-0.4, -0.2) is 25.0 Å². The van der Waals surface area contributed by atoms with E-state index >= 15 is 0 Å². The maximum Gasteiger partial charge on any atom is 0.220 e. The molecule has 0 aromatic carbocycles. The zero-order chi connectivity index (χ0) is 11.1. The first-order chi connectivity index (χ1) is 7.24. The van der Waals surface area contributed by atoms with Crippen LogP contribution in [0.3, 0.4) is 0 Å². The Bertz CT molecular complexity index is 210. The van der Waals surface area contributed by atoms with Gasteiger partial charge in [-0.3, -0.25) is 4.79 Å². The van der Waals surface area contributed by atoms with Gasteiger partial charge in [-0.05, 0) is 45.2 Å². The molecule has 0 aromatic heterocycles. The number of carbonyl (C=O) groups excluding carboxylic acids is 1. The van der Waals surface area contributed by atoms with Crippen LogP contribution in [0.2, 0.25) is 0 Å². The summed E-state index contributed by atoms with van der Waals surface area (Å²) in [5.41, 5.74) is 0. The molecule has 0 radical (unpaired) electrons. The minimum atomic E-state index is 0.146. The van der Waals surface area contributed by atoms with E-state index in [4.69, 9.17) is 0 Å². The van der Waals surface area contributed by atoms with Gasteiger partial charge in [-0.2, -0.15) is 0 Å². The molecule has 15 heavy (non-hydrogen) atoms. The van der Waals surface area contributed by atoms with Crippen LogP contribution in [0.15, 0.2) is 12.7 Å². The van der Waals surface area contributed by atoms with Gasteiger partial charge in [0.1, 0.15) is 0 Å². The topological polar surface area (TPSA) is 41.1 Å². The van der Waals surface area contributed by atoms with E-state index in [1.165, 1.54) is 12.8 Å². The van der Waals surface area contributed by atoms with E-state index in [0.717, 1.165) is 19.5 Å². The summed E-state index contributed by atoms with van der Waals surface area (Å²) in [5, 5.41) is 6.42. The molecular formula is C12H22N2O. The van der Waals surface area contributed by atoms with E-state index in [1.54, 1.807) is 6.08 Å². The lowest BCUT2D eigenvalue weighted by Crippen LogP contribution is -2.44. The normalized spacial score (nSPS) is 23.1. The molecule has 0 spiro atoms. The van der Waals surface area contributed by atoms with Gasteiger partial charge in [-0.25, -0.2) is 0 Å². The highest BCUT2D eigenvalue weighted by Crippen LogP contribution is 2.14. The molecule has 3 heteroatoms. The summed E-state index contributed by atoms with van der Waals surface area (Å²) < 4.78 is 0. The first kappa shape index (κ1) is 12.2. The van der Waals surface area contributed by atoms with Crippen molar-refractivity contribution in [3.8, 4) is 0 Å². The summed E-state index contributed by atoms with van der Waals surface area (Å²) >= 11 is 0. The minimum absolute atomic E-state index is 0.146. The van der Waals surface area contributed by atoms with Crippen LogP contribution >= 0.6 is 0 Å². The van der Waals surface area contributed by atoms with Crippen LogP contribution < -0.4 is 10.6 Å². The quantitative estimate of drug-likeness (QED) is 0.674. The molecule has 1 fully saturated rings. The third-order valence-corrected chi connectivity index (χ3v) is 3.01. The highest BCUT2D eigenvalue weighted by atomic mass is 16.1. The first-order valence-corrected chi connectivity index (χ1v) is 5.85.